The van der Waals surface area contributed by atoms with Gasteiger partial charge in [0, 0.05) is 13.1 Å². The van der Waals surface area contributed by atoms with Crippen LogP contribution in [0.15, 0.2) is 0 Å². The minimum absolute atomic E-state index is 0.187. The number of nitriles is 1. The molecule has 4 heteroatoms. The normalized spacial score (nSPS) is 16.2. The second kappa shape index (κ2) is 5.86. The van der Waals surface area contributed by atoms with Crippen LogP contribution in [0.2, 0.25) is 0 Å². The van der Waals surface area contributed by atoms with Crippen molar-refractivity contribution >= 4 is 5.91 Å². The molecule has 0 aromatic heterocycles. The molecule has 0 bridgehead atoms. The smallest absolute Gasteiger partial charge is 0.236 e. The van der Waals surface area contributed by atoms with Gasteiger partial charge in [-0.3, -0.25) is 4.79 Å². The molecule has 0 unspecified atom stereocenters. The summed E-state index contributed by atoms with van der Waals surface area (Å²) < 4.78 is 0. The molecule has 0 radical (unpaired) electrons. The van der Waals surface area contributed by atoms with Crippen LogP contribution in [0.1, 0.15) is 33.1 Å². The maximum atomic E-state index is 11.6. The van der Waals surface area contributed by atoms with E-state index in [0.29, 0.717) is 6.54 Å². The van der Waals surface area contributed by atoms with Crippen LogP contribution in [0.4, 0.5) is 0 Å². The molecule has 0 spiro atoms. The first-order chi connectivity index (χ1) is 7.55. The number of hydrogen-bond acceptors (Lipinski definition) is 3. The SMILES string of the molecule is CC(C)(C#N)CCNCC(=O)N1CCCC1. The van der Waals surface area contributed by atoms with E-state index in [4.69, 9.17) is 5.26 Å². The molecule has 90 valence electrons. The Morgan fingerprint density at radius 2 is 2.06 bits per heavy atom. The Morgan fingerprint density at radius 3 is 2.62 bits per heavy atom. The Labute approximate surface area is 97.6 Å². The van der Waals surface area contributed by atoms with Gasteiger partial charge in [0.25, 0.3) is 0 Å². The molecule has 1 heterocycles. The molecule has 0 aromatic carbocycles. The van der Waals surface area contributed by atoms with Gasteiger partial charge < -0.3 is 10.2 Å². The molecular weight excluding hydrogens is 202 g/mol. The fourth-order valence-corrected chi connectivity index (χ4v) is 1.73. The van der Waals surface area contributed by atoms with E-state index in [-0.39, 0.29) is 11.3 Å². The summed E-state index contributed by atoms with van der Waals surface area (Å²) in [5, 5.41) is 11.9. The zero-order valence-corrected chi connectivity index (χ0v) is 10.3. The van der Waals surface area contributed by atoms with Crippen molar-refractivity contribution in [2.24, 2.45) is 5.41 Å². The second-order valence-electron chi connectivity index (χ2n) is 5.01. The molecule has 0 atom stereocenters. The third-order valence-electron chi connectivity index (χ3n) is 2.96. The van der Waals surface area contributed by atoms with E-state index < -0.39 is 0 Å². The van der Waals surface area contributed by atoms with Gasteiger partial charge in [-0.15, -0.1) is 0 Å². The molecule has 1 fully saturated rings. The monoisotopic (exact) mass is 223 g/mol. The molecule has 16 heavy (non-hydrogen) atoms. The van der Waals surface area contributed by atoms with Gasteiger partial charge in [-0.1, -0.05) is 0 Å². The zero-order valence-electron chi connectivity index (χ0n) is 10.3. The molecule has 1 aliphatic rings. The average Bonchev–Trinajstić information content (AvgIpc) is 2.77. The largest absolute Gasteiger partial charge is 0.342 e. The van der Waals surface area contributed by atoms with E-state index in [2.05, 4.69) is 11.4 Å². The van der Waals surface area contributed by atoms with E-state index in [9.17, 15) is 4.79 Å². The third-order valence-corrected chi connectivity index (χ3v) is 2.96. The molecule has 1 aliphatic heterocycles. The molecule has 1 rings (SSSR count). The van der Waals surface area contributed by atoms with Crippen LogP contribution < -0.4 is 5.32 Å². The predicted molar refractivity (Wildman–Crippen MR) is 62.7 cm³/mol. The second-order valence-corrected chi connectivity index (χ2v) is 5.01. The van der Waals surface area contributed by atoms with Gasteiger partial charge >= 0.3 is 0 Å². The van der Waals surface area contributed by atoms with Crippen LogP contribution >= 0.6 is 0 Å². The molecular formula is C12H21N3O. The lowest BCUT2D eigenvalue weighted by molar-refractivity contribution is -0.129. The highest BCUT2D eigenvalue weighted by molar-refractivity contribution is 5.78. The summed E-state index contributed by atoms with van der Waals surface area (Å²) in [5.41, 5.74) is -0.302. The van der Waals surface area contributed by atoms with Crippen molar-refractivity contribution in [2.75, 3.05) is 26.2 Å². The van der Waals surface area contributed by atoms with Gasteiger partial charge in [-0.25, -0.2) is 0 Å². The summed E-state index contributed by atoms with van der Waals surface area (Å²) in [5.74, 6) is 0.187. The van der Waals surface area contributed by atoms with E-state index in [1.54, 1.807) is 0 Å². The Balaban J connectivity index is 2.11. The molecule has 0 aliphatic carbocycles. The third kappa shape index (κ3) is 4.19. The van der Waals surface area contributed by atoms with Gasteiger partial charge in [0.1, 0.15) is 0 Å². The maximum absolute atomic E-state index is 11.6. The van der Waals surface area contributed by atoms with Crippen LogP contribution in [0.3, 0.4) is 0 Å². The summed E-state index contributed by atoms with van der Waals surface area (Å²) >= 11 is 0. The van der Waals surface area contributed by atoms with Crippen LogP contribution in [0.5, 0.6) is 0 Å². The van der Waals surface area contributed by atoms with Gasteiger partial charge in [0.2, 0.25) is 5.91 Å². The quantitative estimate of drug-likeness (QED) is 0.711. The number of carbonyl (C=O) groups is 1. The van der Waals surface area contributed by atoms with Crippen LogP contribution in [-0.4, -0.2) is 37.0 Å². The first kappa shape index (κ1) is 13.0. The average molecular weight is 223 g/mol. The maximum Gasteiger partial charge on any atom is 0.236 e. The molecule has 4 nitrogen and oxygen atoms in total. The van der Waals surface area contributed by atoms with Crippen molar-refractivity contribution in [1.29, 1.82) is 5.26 Å². The Morgan fingerprint density at radius 1 is 1.44 bits per heavy atom. The van der Waals surface area contributed by atoms with Crippen molar-refractivity contribution in [3.05, 3.63) is 0 Å². The van der Waals surface area contributed by atoms with E-state index in [1.807, 2.05) is 18.7 Å². The number of rotatable bonds is 5. The first-order valence-electron chi connectivity index (χ1n) is 5.95. The summed E-state index contributed by atoms with van der Waals surface area (Å²) in [6.07, 6.45) is 3.04. The lowest BCUT2D eigenvalue weighted by Crippen LogP contribution is -2.37. The van der Waals surface area contributed by atoms with Gasteiger partial charge in [-0.2, -0.15) is 5.26 Å². The number of likely N-dealkylation sites (tertiary alicyclic amines) is 1. The first-order valence-corrected chi connectivity index (χ1v) is 5.95. The highest BCUT2D eigenvalue weighted by Crippen LogP contribution is 2.17. The molecule has 0 saturated carbocycles. The van der Waals surface area contributed by atoms with Crippen molar-refractivity contribution in [1.82, 2.24) is 10.2 Å². The number of carbonyl (C=O) groups excluding carboxylic acids is 1. The number of nitrogens with one attached hydrogen (secondary N) is 1. The van der Waals surface area contributed by atoms with Crippen LogP contribution in [0, 0.1) is 16.7 Å². The summed E-state index contributed by atoms with van der Waals surface area (Å²) in [4.78, 5) is 13.5. The van der Waals surface area contributed by atoms with Gasteiger partial charge in [0.15, 0.2) is 0 Å². The minimum Gasteiger partial charge on any atom is -0.342 e. The lowest BCUT2D eigenvalue weighted by Gasteiger charge is -2.17. The van der Waals surface area contributed by atoms with Crippen LogP contribution in [-0.2, 0) is 4.79 Å². The standard InChI is InChI=1S/C12H21N3O/c1-12(2,10-13)5-6-14-9-11(16)15-7-3-4-8-15/h14H,3-9H2,1-2H3. The number of hydrogen-bond donors (Lipinski definition) is 1. The van der Waals surface area contributed by atoms with E-state index in [0.717, 1.165) is 38.9 Å². The summed E-state index contributed by atoms with van der Waals surface area (Å²) in [6.45, 7) is 6.77. The highest BCUT2D eigenvalue weighted by Gasteiger charge is 2.18. The molecule has 1 N–H and O–H groups in total. The molecule has 1 amide bonds. The predicted octanol–water partition coefficient (Wildman–Crippen LogP) is 1.14. The number of amides is 1. The van der Waals surface area contributed by atoms with Crippen molar-refractivity contribution in [3.63, 3.8) is 0 Å². The van der Waals surface area contributed by atoms with Crippen molar-refractivity contribution in [3.8, 4) is 6.07 Å². The van der Waals surface area contributed by atoms with Crippen molar-refractivity contribution in [2.45, 2.75) is 33.1 Å². The summed E-state index contributed by atoms with van der Waals surface area (Å²) in [7, 11) is 0. The fraction of sp³-hybridized carbons (Fsp3) is 0.833. The molecule has 0 aromatic rings. The zero-order chi connectivity index (χ0) is 12.0. The summed E-state index contributed by atoms with van der Waals surface area (Å²) in [6, 6.07) is 2.25. The van der Waals surface area contributed by atoms with E-state index in [1.165, 1.54) is 0 Å². The van der Waals surface area contributed by atoms with Crippen molar-refractivity contribution < 1.29 is 4.79 Å². The minimum atomic E-state index is -0.302. The molecule has 1 saturated heterocycles. The lowest BCUT2D eigenvalue weighted by atomic mass is 9.91. The Kier molecular flexibility index (Phi) is 4.75. The fourth-order valence-electron chi connectivity index (χ4n) is 1.73. The Bertz CT molecular complexity index is 274. The topological polar surface area (TPSA) is 56.1 Å². The van der Waals surface area contributed by atoms with Gasteiger partial charge in [0.05, 0.1) is 18.0 Å². The Hall–Kier alpha value is -1.08. The number of nitrogens with zero attached hydrogens (tertiary/aromatic N) is 2. The highest BCUT2D eigenvalue weighted by atomic mass is 16.2. The van der Waals surface area contributed by atoms with E-state index >= 15 is 0 Å². The van der Waals surface area contributed by atoms with Gasteiger partial charge in [-0.05, 0) is 39.7 Å². The van der Waals surface area contributed by atoms with Crippen LogP contribution in [0.25, 0.3) is 0 Å².